The SMILES string of the molecule is CCCOc1ccc(C(N)c2cc(F)ccc2C)cc1. The molecule has 0 aromatic heterocycles. The molecule has 0 saturated heterocycles. The summed E-state index contributed by atoms with van der Waals surface area (Å²) in [6.45, 7) is 4.71. The van der Waals surface area contributed by atoms with Gasteiger partial charge in [0, 0.05) is 0 Å². The van der Waals surface area contributed by atoms with Crippen LogP contribution in [0, 0.1) is 12.7 Å². The molecule has 2 aromatic carbocycles. The minimum Gasteiger partial charge on any atom is -0.494 e. The number of nitrogens with two attached hydrogens (primary N) is 1. The zero-order valence-corrected chi connectivity index (χ0v) is 11.9. The molecule has 0 aliphatic carbocycles. The third kappa shape index (κ3) is 3.36. The molecule has 2 nitrogen and oxygen atoms in total. The van der Waals surface area contributed by atoms with E-state index < -0.39 is 0 Å². The van der Waals surface area contributed by atoms with Crippen LogP contribution in [0.5, 0.6) is 5.75 Å². The first-order valence-corrected chi connectivity index (χ1v) is 6.86. The van der Waals surface area contributed by atoms with Crippen molar-refractivity contribution in [3.63, 3.8) is 0 Å². The van der Waals surface area contributed by atoms with Crippen molar-refractivity contribution in [3.05, 3.63) is 65.0 Å². The van der Waals surface area contributed by atoms with Crippen LogP contribution in [-0.2, 0) is 0 Å². The Bertz CT molecular complexity index is 566. The van der Waals surface area contributed by atoms with Crippen molar-refractivity contribution in [2.75, 3.05) is 6.61 Å². The summed E-state index contributed by atoms with van der Waals surface area (Å²) in [4.78, 5) is 0. The van der Waals surface area contributed by atoms with Gasteiger partial charge in [-0.25, -0.2) is 4.39 Å². The van der Waals surface area contributed by atoms with Crippen molar-refractivity contribution in [2.45, 2.75) is 26.3 Å². The monoisotopic (exact) mass is 273 g/mol. The topological polar surface area (TPSA) is 35.2 Å². The highest BCUT2D eigenvalue weighted by atomic mass is 19.1. The van der Waals surface area contributed by atoms with Crippen LogP contribution in [0.25, 0.3) is 0 Å². The van der Waals surface area contributed by atoms with Crippen molar-refractivity contribution >= 4 is 0 Å². The molecule has 20 heavy (non-hydrogen) atoms. The zero-order chi connectivity index (χ0) is 14.5. The minimum absolute atomic E-state index is 0.260. The summed E-state index contributed by atoms with van der Waals surface area (Å²) in [5.41, 5.74) is 8.98. The van der Waals surface area contributed by atoms with Crippen LogP contribution in [0.4, 0.5) is 4.39 Å². The van der Waals surface area contributed by atoms with Crippen molar-refractivity contribution in [3.8, 4) is 5.75 Å². The third-order valence-electron chi connectivity index (χ3n) is 3.29. The fourth-order valence-corrected chi connectivity index (χ4v) is 2.12. The van der Waals surface area contributed by atoms with E-state index in [-0.39, 0.29) is 11.9 Å². The highest BCUT2D eigenvalue weighted by molar-refractivity contribution is 5.38. The molecule has 0 bridgehead atoms. The highest BCUT2D eigenvalue weighted by Gasteiger charge is 2.12. The molecule has 0 spiro atoms. The highest BCUT2D eigenvalue weighted by Crippen LogP contribution is 2.25. The van der Waals surface area contributed by atoms with Crippen molar-refractivity contribution in [1.82, 2.24) is 0 Å². The van der Waals surface area contributed by atoms with Crippen LogP contribution in [0.15, 0.2) is 42.5 Å². The lowest BCUT2D eigenvalue weighted by Crippen LogP contribution is -2.13. The minimum atomic E-state index is -0.328. The Hall–Kier alpha value is -1.87. The van der Waals surface area contributed by atoms with Gasteiger partial charge < -0.3 is 10.5 Å². The van der Waals surface area contributed by atoms with E-state index in [1.54, 1.807) is 6.07 Å². The number of aryl methyl sites for hydroxylation is 1. The summed E-state index contributed by atoms with van der Waals surface area (Å²) in [5, 5.41) is 0. The fourth-order valence-electron chi connectivity index (χ4n) is 2.12. The molecule has 2 N–H and O–H groups in total. The molecule has 0 amide bonds. The lowest BCUT2D eigenvalue weighted by atomic mass is 9.95. The molecule has 0 radical (unpaired) electrons. The second-order valence-corrected chi connectivity index (χ2v) is 4.90. The summed E-state index contributed by atoms with van der Waals surface area (Å²) >= 11 is 0. The molecule has 1 atom stereocenters. The van der Waals surface area contributed by atoms with Crippen LogP contribution < -0.4 is 10.5 Å². The van der Waals surface area contributed by atoms with E-state index in [4.69, 9.17) is 10.5 Å². The Morgan fingerprint density at radius 2 is 1.85 bits per heavy atom. The van der Waals surface area contributed by atoms with Gasteiger partial charge in [-0.3, -0.25) is 0 Å². The Labute approximate surface area is 119 Å². The van der Waals surface area contributed by atoms with Crippen molar-refractivity contribution in [2.24, 2.45) is 5.73 Å². The number of hydrogen-bond donors (Lipinski definition) is 1. The molecule has 0 aliphatic heterocycles. The maximum absolute atomic E-state index is 13.4. The number of benzene rings is 2. The molecule has 0 fully saturated rings. The summed E-state index contributed by atoms with van der Waals surface area (Å²) in [6.07, 6.45) is 0.976. The molecule has 3 heteroatoms. The van der Waals surface area contributed by atoms with Gasteiger partial charge in [-0.05, 0) is 54.3 Å². The molecule has 0 heterocycles. The van der Waals surface area contributed by atoms with Gasteiger partial charge >= 0.3 is 0 Å². The van der Waals surface area contributed by atoms with E-state index in [9.17, 15) is 4.39 Å². The second-order valence-electron chi connectivity index (χ2n) is 4.90. The maximum Gasteiger partial charge on any atom is 0.123 e. The summed E-state index contributed by atoms with van der Waals surface area (Å²) in [5.74, 6) is 0.572. The molecule has 2 rings (SSSR count). The van der Waals surface area contributed by atoms with Gasteiger partial charge in [0.2, 0.25) is 0 Å². The molecule has 106 valence electrons. The third-order valence-corrected chi connectivity index (χ3v) is 3.29. The Morgan fingerprint density at radius 1 is 1.15 bits per heavy atom. The molecule has 0 aliphatic rings. The van der Waals surface area contributed by atoms with Gasteiger partial charge in [-0.15, -0.1) is 0 Å². The molecular formula is C17H20FNO. The predicted octanol–water partition coefficient (Wildman–Crippen LogP) is 3.97. The van der Waals surface area contributed by atoms with Crippen LogP contribution in [0.3, 0.4) is 0 Å². The lowest BCUT2D eigenvalue weighted by molar-refractivity contribution is 0.317. The van der Waals surface area contributed by atoms with Crippen LogP contribution in [0.1, 0.15) is 36.1 Å². The number of halogens is 1. The summed E-state index contributed by atoms with van der Waals surface area (Å²) < 4.78 is 18.9. The first-order chi connectivity index (χ1) is 9.61. The molecule has 0 saturated carbocycles. The van der Waals surface area contributed by atoms with Gasteiger partial charge in [-0.2, -0.15) is 0 Å². The van der Waals surface area contributed by atoms with E-state index >= 15 is 0 Å². The van der Waals surface area contributed by atoms with E-state index in [0.29, 0.717) is 6.61 Å². The first kappa shape index (κ1) is 14.5. The first-order valence-electron chi connectivity index (χ1n) is 6.86. The quantitative estimate of drug-likeness (QED) is 0.894. The Morgan fingerprint density at radius 3 is 2.50 bits per heavy atom. The Kier molecular flexibility index (Phi) is 4.74. The van der Waals surface area contributed by atoms with Gasteiger partial charge in [0.05, 0.1) is 12.6 Å². The fraction of sp³-hybridized carbons (Fsp3) is 0.294. The van der Waals surface area contributed by atoms with E-state index in [1.807, 2.05) is 31.2 Å². The average molecular weight is 273 g/mol. The number of ether oxygens (including phenoxy) is 1. The zero-order valence-electron chi connectivity index (χ0n) is 11.9. The molecule has 1 unspecified atom stereocenters. The predicted molar refractivity (Wildman–Crippen MR) is 79.4 cm³/mol. The van der Waals surface area contributed by atoms with Gasteiger partial charge in [0.25, 0.3) is 0 Å². The van der Waals surface area contributed by atoms with Crippen molar-refractivity contribution in [1.29, 1.82) is 0 Å². The van der Waals surface area contributed by atoms with E-state index in [0.717, 1.165) is 28.9 Å². The normalized spacial score (nSPS) is 12.2. The van der Waals surface area contributed by atoms with Crippen molar-refractivity contribution < 1.29 is 9.13 Å². The smallest absolute Gasteiger partial charge is 0.123 e. The van der Waals surface area contributed by atoms with E-state index in [2.05, 4.69) is 6.92 Å². The second kappa shape index (κ2) is 6.53. The van der Waals surface area contributed by atoms with Gasteiger partial charge in [-0.1, -0.05) is 25.1 Å². The Balaban J connectivity index is 2.20. The molecular weight excluding hydrogens is 253 g/mol. The summed E-state index contributed by atoms with van der Waals surface area (Å²) in [7, 11) is 0. The number of hydrogen-bond acceptors (Lipinski definition) is 2. The van der Waals surface area contributed by atoms with Crippen LogP contribution in [-0.4, -0.2) is 6.61 Å². The van der Waals surface area contributed by atoms with E-state index in [1.165, 1.54) is 12.1 Å². The maximum atomic E-state index is 13.4. The largest absolute Gasteiger partial charge is 0.494 e. The summed E-state index contributed by atoms with van der Waals surface area (Å²) in [6, 6.07) is 12.0. The molecule has 2 aromatic rings. The van der Waals surface area contributed by atoms with Crippen LogP contribution >= 0.6 is 0 Å². The van der Waals surface area contributed by atoms with Gasteiger partial charge in [0.1, 0.15) is 11.6 Å². The van der Waals surface area contributed by atoms with Crippen LogP contribution in [0.2, 0.25) is 0 Å². The standard InChI is InChI=1S/C17H20FNO/c1-3-10-20-15-8-5-13(6-9-15)17(19)16-11-14(18)7-4-12(16)2/h4-9,11,17H,3,10,19H2,1-2H3. The lowest BCUT2D eigenvalue weighted by Gasteiger charge is -2.16. The average Bonchev–Trinajstić information content (AvgIpc) is 2.47. The van der Waals surface area contributed by atoms with Gasteiger partial charge in [0.15, 0.2) is 0 Å². The number of rotatable bonds is 5.